The maximum Gasteiger partial charge on any atom is 0.240 e. The number of hydrogen-bond donors (Lipinski definition) is 1. The second kappa shape index (κ2) is 12.1. The van der Waals surface area contributed by atoms with Gasteiger partial charge in [0.15, 0.2) is 11.5 Å². The Morgan fingerprint density at radius 1 is 0.978 bits per heavy atom. The van der Waals surface area contributed by atoms with Gasteiger partial charge in [-0.2, -0.15) is 5.10 Å². The monoisotopic (exact) mass is 620 g/mol. The van der Waals surface area contributed by atoms with Gasteiger partial charge in [0.1, 0.15) is 18.2 Å². The molecule has 45 heavy (non-hydrogen) atoms. The van der Waals surface area contributed by atoms with E-state index in [0.717, 1.165) is 33.5 Å². The van der Waals surface area contributed by atoms with Crippen LogP contribution in [0.1, 0.15) is 27.5 Å². The van der Waals surface area contributed by atoms with E-state index in [1.165, 1.54) is 28.8 Å². The summed E-state index contributed by atoms with van der Waals surface area (Å²) < 4.78 is 26.5. The van der Waals surface area contributed by atoms with Gasteiger partial charge >= 0.3 is 0 Å². The molecule has 1 aromatic heterocycles. The Kier molecular flexibility index (Phi) is 7.72. The topological polar surface area (TPSA) is 85.7 Å². The third kappa shape index (κ3) is 5.76. The molecule has 5 aromatic rings. The lowest BCUT2D eigenvalue weighted by Gasteiger charge is -2.23. The first kappa shape index (κ1) is 28.7. The maximum atomic E-state index is 14.0. The number of carbonyl (C=O) groups is 2. The molecule has 0 aliphatic carbocycles. The van der Waals surface area contributed by atoms with Crippen LogP contribution >= 0.6 is 11.8 Å². The van der Waals surface area contributed by atoms with E-state index >= 15 is 0 Å². The van der Waals surface area contributed by atoms with E-state index in [2.05, 4.69) is 5.32 Å². The Hall–Kier alpha value is -5.09. The fourth-order valence-corrected chi connectivity index (χ4v) is 6.72. The summed E-state index contributed by atoms with van der Waals surface area (Å²) in [6.07, 6.45) is 0. The Balaban J connectivity index is 1.36. The van der Waals surface area contributed by atoms with Gasteiger partial charge in [0, 0.05) is 17.7 Å². The molecule has 0 unspecified atom stereocenters. The van der Waals surface area contributed by atoms with Crippen molar-refractivity contribution in [2.24, 2.45) is 0 Å². The van der Waals surface area contributed by atoms with E-state index in [9.17, 15) is 14.0 Å². The number of aryl methyl sites for hydroxylation is 1. The lowest BCUT2D eigenvalue weighted by Crippen LogP contribution is -2.42. The number of anilines is 1. The average molecular weight is 621 g/mol. The van der Waals surface area contributed by atoms with Gasteiger partial charge in [-0.05, 0) is 54.4 Å². The summed E-state index contributed by atoms with van der Waals surface area (Å²) >= 11 is 1.49. The van der Waals surface area contributed by atoms with E-state index in [-0.39, 0.29) is 48.5 Å². The number of halogens is 1. The summed E-state index contributed by atoms with van der Waals surface area (Å²) in [4.78, 5) is 28.9. The van der Waals surface area contributed by atoms with Gasteiger partial charge in [-0.15, -0.1) is 11.8 Å². The molecule has 1 atom stereocenters. The highest BCUT2D eigenvalue weighted by atomic mass is 32.2. The number of thioether (sulfide) groups is 1. The standard InChI is InChI=1S/C35H29FN4O4S/c1-22-7-14-27(15-8-22)40-35-32(33(38-40)24-5-3-2-4-6-24)34(25-11-16-28-29(17-25)44-21-43-28)45-20-31(42)39(35)19-30(41)37-18-23-9-12-26(36)13-10-23/h2-17,34H,18-21H2,1H3,(H,37,41)/t34-/m1/s1. The zero-order chi connectivity index (χ0) is 30.9. The van der Waals surface area contributed by atoms with E-state index in [1.54, 1.807) is 16.8 Å². The highest BCUT2D eigenvalue weighted by molar-refractivity contribution is 8.00. The highest BCUT2D eigenvalue weighted by Crippen LogP contribution is 2.50. The molecule has 226 valence electrons. The summed E-state index contributed by atoms with van der Waals surface area (Å²) in [5.41, 5.74) is 5.96. The summed E-state index contributed by atoms with van der Waals surface area (Å²) in [5, 5.41) is 7.72. The molecule has 0 fully saturated rings. The quantitative estimate of drug-likeness (QED) is 0.233. The molecule has 3 heterocycles. The van der Waals surface area contributed by atoms with Crippen LogP contribution in [-0.2, 0) is 16.1 Å². The molecule has 2 amide bonds. The third-order valence-corrected chi connectivity index (χ3v) is 9.07. The summed E-state index contributed by atoms with van der Waals surface area (Å²) in [7, 11) is 0. The van der Waals surface area contributed by atoms with Gasteiger partial charge in [0.2, 0.25) is 18.6 Å². The number of benzene rings is 4. The molecule has 0 saturated heterocycles. The number of amides is 2. The van der Waals surface area contributed by atoms with Crippen LogP contribution < -0.4 is 19.7 Å². The van der Waals surface area contributed by atoms with Crippen LogP contribution in [0.3, 0.4) is 0 Å². The molecule has 0 saturated carbocycles. The first-order valence-corrected chi connectivity index (χ1v) is 15.6. The van der Waals surface area contributed by atoms with Gasteiger partial charge in [0.25, 0.3) is 0 Å². The molecule has 4 aromatic carbocycles. The van der Waals surface area contributed by atoms with Crippen molar-refractivity contribution in [3.8, 4) is 28.4 Å². The van der Waals surface area contributed by atoms with E-state index in [4.69, 9.17) is 14.6 Å². The van der Waals surface area contributed by atoms with Crippen LogP contribution in [0.5, 0.6) is 11.5 Å². The Bertz CT molecular complexity index is 1880. The van der Waals surface area contributed by atoms with Crippen LogP contribution in [0, 0.1) is 12.7 Å². The third-order valence-electron chi connectivity index (χ3n) is 7.82. The number of ether oxygens (including phenoxy) is 2. The molecule has 0 radical (unpaired) electrons. The molecule has 7 rings (SSSR count). The van der Waals surface area contributed by atoms with Gasteiger partial charge in [-0.1, -0.05) is 66.2 Å². The van der Waals surface area contributed by atoms with Crippen LogP contribution in [0.2, 0.25) is 0 Å². The van der Waals surface area contributed by atoms with Gasteiger partial charge < -0.3 is 14.8 Å². The van der Waals surface area contributed by atoms with Crippen molar-refractivity contribution in [1.29, 1.82) is 0 Å². The minimum absolute atomic E-state index is 0.140. The molecule has 10 heteroatoms. The Labute approximate surface area is 263 Å². The predicted octanol–water partition coefficient (Wildman–Crippen LogP) is 6.20. The van der Waals surface area contributed by atoms with E-state index in [1.807, 2.05) is 79.7 Å². The van der Waals surface area contributed by atoms with Crippen molar-refractivity contribution in [2.75, 3.05) is 24.0 Å². The first-order valence-electron chi connectivity index (χ1n) is 14.5. The highest BCUT2D eigenvalue weighted by Gasteiger charge is 2.38. The molecular formula is C35H29FN4O4S. The Morgan fingerprint density at radius 3 is 2.51 bits per heavy atom. The lowest BCUT2D eigenvalue weighted by atomic mass is 9.99. The number of hydrogen-bond acceptors (Lipinski definition) is 6. The summed E-state index contributed by atoms with van der Waals surface area (Å²) in [6, 6.07) is 29.5. The number of carbonyl (C=O) groups excluding carboxylic acids is 2. The molecule has 2 aliphatic rings. The molecule has 8 nitrogen and oxygen atoms in total. The van der Waals surface area contributed by atoms with Crippen LogP contribution in [0.4, 0.5) is 10.2 Å². The molecule has 0 spiro atoms. The summed E-state index contributed by atoms with van der Waals surface area (Å²) in [6.45, 7) is 2.15. The lowest BCUT2D eigenvalue weighted by molar-refractivity contribution is -0.123. The van der Waals surface area contributed by atoms with Crippen molar-refractivity contribution in [3.05, 3.63) is 125 Å². The molecule has 2 aliphatic heterocycles. The zero-order valence-corrected chi connectivity index (χ0v) is 25.2. The fourth-order valence-electron chi connectivity index (χ4n) is 5.54. The molecule has 0 bridgehead atoms. The largest absolute Gasteiger partial charge is 0.454 e. The number of rotatable bonds is 7. The minimum atomic E-state index is -0.346. The minimum Gasteiger partial charge on any atom is -0.454 e. The van der Waals surface area contributed by atoms with Crippen molar-refractivity contribution < 1.29 is 23.5 Å². The zero-order valence-electron chi connectivity index (χ0n) is 24.4. The van der Waals surface area contributed by atoms with Gasteiger partial charge in [-0.3, -0.25) is 14.5 Å². The summed E-state index contributed by atoms with van der Waals surface area (Å²) in [5.74, 6) is 1.09. The van der Waals surface area contributed by atoms with Crippen LogP contribution in [-0.4, -0.2) is 40.7 Å². The predicted molar refractivity (Wildman–Crippen MR) is 171 cm³/mol. The van der Waals surface area contributed by atoms with E-state index in [0.29, 0.717) is 23.0 Å². The van der Waals surface area contributed by atoms with Crippen LogP contribution in [0.25, 0.3) is 16.9 Å². The van der Waals surface area contributed by atoms with Crippen LogP contribution in [0.15, 0.2) is 97.1 Å². The number of aromatic nitrogens is 2. The van der Waals surface area contributed by atoms with Gasteiger partial charge in [-0.25, -0.2) is 9.07 Å². The van der Waals surface area contributed by atoms with Crippen molar-refractivity contribution >= 4 is 29.4 Å². The average Bonchev–Trinajstić information content (AvgIpc) is 3.66. The number of nitrogens with zero attached hydrogens (tertiary/aromatic N) is 3. The molecular weight excluding hydrogens is 591 g/mol. The van der Waals surface area contributed by atoms with Gasteiger partial charge in [0.05, 0.1) is 22.4 Å². The van der Waals surface area contributed by atoms with Crippen molar-refractivity contribution in [1.82, 2.24) is 15.1 Å². The SMILES string of the molecule is Cc1ccc(-n2nc(-c3ccccc3)c3c2N(CC(=O)NCc2ccc(F)cc2)C(=O)CS[C@@H]3c2ccc3c(c2)OCO3)cc1. The smallest absolute Gasteiger partial charge is 0.240 e. The first-order chi connectivity index (χ1) is 21.9. The Morgan fingerprint density at radius 2 is 1.73 bits per heavy atom. The maximum absolute atomic E-state index is 14.0. The molecule has 1 N–H and O–H groups in total. The fraction of sp³-hybridized carbons (Fsp3) is 0.171. The number of fused-ring (bicyclic) bond motifs is 2. The number of nitrogens with one attached hydrogen (secondary N) is 1. The second-order valence-corrected chi connectivity index (χ2v) is 12.0. The normalized spacial score (nSPS) is 15.5. The second-order valence-electron chi connectivity index (χ2n) is 10.9. The van der Waals surface area contributed by atoms with Crippen molar-refractivity contribution in [2.45, 2.75) is 18.7 Å². The van der Waals surface area contributed by atoms with Crippen molar-refractivity contribution in [3.63, 3.8) is 0 Å². The van der Waals surface area contributed by atoms with E-state index < -0.39 is 0 Å².